The van der Waals surface area contributed by atoms with Crippen molar-refractivity contribution in [1.82, 2.24) is 15.5 Å². The maximum absolute atomic E-state index is 11.8. The SMILES string of the molecule is CNCc1cccc(NC(=O)c2cn[nH]c2)c1. The number of aromatic amines is 1. The fraction of sp³-hybridized carbons (Fsp3) is 0.167. The molecule has 0 radical (unpaired) electrons. The summed E-state index contributed by atoms with van der Waals surface area (Å²) in [4.78, 5) is 11.8. The summed E-state index contributed by atoms with van der Waals surface area (Å²) in [6.45, 7) is 0.773. The van der Waals surface area contributed by atoms with Crippen LogP contribution in [-0.4, -0.2) is 23.2 Å². The van der Waals surface area contributed by atoms with Crippen molar-refractivity contribution in [2.24, 2.45) is 0 Å². The molecule has 88 valence electrons. The molecule has 0 saturated heterocycles. The molecule has 0 bridgehead atoms. The van der Waals surface area contributed by atoms with Crippen molar-refractivity contribution in [3.05, 3.63) is 47.8 Å². The molecule has 17 heavy (non-hydrogen) atoms. The van der Waals surface area contributed by atoms with E-state index in [-0.39, 0.29) is 5.91 Å². The number of H-pyrrole nitrogens is 1. The molecule has 0 aliphatic rings. The van der Waals surface area contributed by atoms with Crippen molar-refractivity contribution in [3.63, 3.8) is 0 Å². The molecule has 0 aliphatic heterocycles. The van der Waals surface area contributed by atoms with Gasteiger partial charge in [-0.3, -0.25) is 9.89 Å². The number of carbonyl (C=O) groups is 1. The standard InChI is InChI=1S/C12H14N4O/c1-13-6-9-3-2-4-11(5-9)16-12(17)10-7-14-15-8-10/h2-5,7-8,13H,6H2,1H3,(H,14,15)(H,16,17). The third-order valence-electron chi connectivity index (χ3n) is 2.33. The number of hydrogen-bond donors (Lipinski definition) is 3. The topological polar surface area (TPSA) is 69.8 Å². The second kappa shape index (κ2) is 5.27. The Balaban J connectivity index is 2.08. The zero-order valence-electron chi connectivity index (χ0n) is 9.53. The van der Waals surface area contributed by atoms with Gasteiger partial charge in [-0.15, -0.1) is 0 Å². The van der Waals surface area contributed by atoms with Gasteiger partial charge in [0.05, 0.1) is 11.8 Å². The second-order valence-electron chi connectivity index (χ2n) is 3.67. The van der Waals surface area contributed by atoms with Gasteiger partial charge < -0.3 is 10.6 Å². The van der Waals surface area contributed by atoms with E-state index in [1.54, 1.807) is 6.20 Å². The average molecular weight is 230 g/mol. The van der Waals surface area contributed by atoms with Crippen molar-refractivity contribution < 1.29 is 4.79 Å². The summed E-state index contributed by atoms with van der Waals surface area (Å²) in [6, 6.07) is 7.72. The number of aromatic nitrogens is 2. The molecule has 0 spiro atoms. The normalized spacial score (nSPS) is 10.2. The van der Waals surface area contributed by atoms with Gasteiger partial charge in [0.2, 0.25) is 0 Å². The van der Waals surface area contributed by atoms with Crippen molar-refractivity contribution in [3.8, 4) is 0 Å². The molecule has 2 rings (SSSR count). The van der Waals surface area contributed by atoms with Crippen LogP contribution in [0.2, 0.25) is 0 Å². The summed E-state index contributed by atoms with van der Waals surface area (Å²) in [6.07, 6.45) is 3.06. The zero-order valence-corrected chi connectivity index (χ0v) is 9.53. The van der Waals surface area contributed by atoms with E-state index in [1.165, 1.54) is 6.20 Å². The number of benzene rings is 1. The molecule has 1 aromatic heterocycles. The average Bonchev–Trinajstić information content (AvgIpc) is 2.83. The van der Waals surface area contributed by atoms with Gasteiger partial charge in [0.15, 0.2) is 0 Å². The van der Waals surface area contributed by atoms with E-state index in [4.69, 9.17) is 0 Å². The van der Waals surface area contributed by atoms with Gasteiger partial charge in [0.1, 0.15) is 0 Å². The van der Waals surface area contributed by atoms with Crippen LogP contribution in [0.15, 0.2) is 36.7 Å². The summed E-state index contributed by atoms with van der Waals surface area (Å²) < 4.78 is 0. The first-order chi connectivity index (χ1) is 8.29. The fourth-order valence-electron chi connectivity index (χ4n) is 1.54. The number of nitrogens with one attached hydrogen (secondary N) is 3. The number of carbonyl (C=O) groups excluding carboxylic acids is 1. The van der Waals surface area contributed by atoms with Gasteiger partial charge in [0.25, 0.3) is 5.91 Å². The van der Waals surface area contributed by atoms with E-state index >= 15 is 0 Å². The quantitative estimate of drug-likeness (QED) is 0.743. The smallest absolute Gasteiger partial charge is 0.258 e. The highest BCUT2D eigenvalue weighted by molar-refractivity contribution is 6.03. The predicted molar refractivity (Wildman–Crippen MR) is 65.7 cm³/mol. The van der Waals surface area contributed by atoms with Crippen LogP contribution >= 0.6 is 0 Å². The van der Waals surface area contributed by atoms with E-state index < -0.39 is 0 Å². The molecule has 1 amide bonds. The third-order valence-corrected chi connectivity index (χ3v) is 2.33. The second-order valence-corrected chi connectivity index (χ2v) is 3.67. The number of rotatable bonds is 4. The zero-order chi connectivity index (χ0) is 12.1. The lowest BCUT2D eigenvalue weighted by atomic mass is 10.2. The predicted octanol–water partition coefficient (Wildman–Crippen LogP) is 1.38. The van der Waals surface area contributed by atoms with Gasteiger partial charge in [-0.2, -0.15) is 5.10 Å². The molecule has 5 heteroatoms. The Labute approximate surface area is 99.2 Å². The Hall–Kier alpha value is -2.14. The van der Waals surface area contributed by atoms with Gasteiger partial charge in [-0.25, -0.2) is 0 Å². The van der Waals surface area contributed by atoms with Crippen LogP contribution in [0.4, 0.5) is 5.69 Å². The monoisotopic (exact) mass is 230 g/mol. The molecule has 1 heterocycles. The summed E-state index contributed by atoms with van der Waals surface area (Å²) in [5.74, 6) is -0.166. The van der Waals surface area contributed by atoms with Crippen molar-refractivity contribution in [2.75, 3.05) is 12.4 Å². The van der Waals surface area contributed by atoms with Crippen LogP contribution in [0.25, 0.3) is 0 Å². The van der Waals surface area contributed by atoms with Crippen LogP contribution in [0.1, 0.15) is 15.9 Å². The van der Waals surface area contributed by atoms with E-state index in [2.05, 4.69) is 20.8 Å². The molecule has 5 nitrogen and oxygen atoms in total. The molecule has 0 atom stereocenters. The highest BCUT2D eigenvalue weighted by atomic mass is 16.1. The first kappa shape index (κ1) is 11.3. The van der Waals surface area contributed by atoms with Crippen molar-refractivity contribution >= 4 is 11.6 Å². The Bertz CT molecular complexity index is 493. The van der Waals surface area contributed by atoms with E-state index in [0.717, 1.165) is 17.8 Å². The lowest BCUT2D eigenvalue weighted by Crippen LogP contribution is -2.11. The van der Waals surface area contributed by atoms with Gasteiger partial charge in [-0.05, 0) is 24.7 Å². The molecule has 0 saturated carbocycles. The van der Waals surface area contributed by atoms with Crippen LogP contribution in [-0.2, 0) is 6.54 Å². The highest BCUT2D eigenvalue weighted by Gasteiger charge is 2.06. The van der Waals surface area contributed by atoms with E-state index in [9.17, 15) is 4.79 Å². The molecule has 0 unspecified atom stereocenters. The van der Waals surface area contributed by atoms with Gasteiger partial charge >= 0.3 is 0 Å². The fourth-order valence-corrected chi connectivity index (χ4v) is 1.54. The van der Waals surface area contributed by atoms with Crippen LogP contribution < -0.4 is 10.6 Å². The minimum Gasteiger partial charge on any atom is -0.322 e. The maximum atomic E-state index is 11.8. The van der Waals surface area contributed by atoms with Crippen LogP contribution in [0.5, 0.6) is 0 Å². The third kappa shape index (κ3) is 2.92. The van der Waals surface area contributed by atoms with E-state index in [1.807, 2.05) is 31.3 Å². The molecule has 1 aromatic carbocycles. The first-order valence-electron chi connectivity index (χ1n) is 5.33. The summed E-state index contributed by atoms with van der Waals surface area (Å²) in [5, 5.41) is 12.2. The molecular formula is C12H14N4O. The minimum atomic E-state index is -0.166. The first-order valence-corrected chi connectivity index (χ1v) is 5.33. The highest BCUT2D eigenvalue weighted by Crippen LogP contribution is 2.11. The lowest BCUT2D eigenvalue weighted by Gasteiger charge is -2.06. The van der Waals surface area contributed by atoms with Crippen molar-refractivity contribution in [2.45, 2.75) is 6.54 Å². The Kier molecular flexibility index (Phi) is 3.52. The number of anilines is 1. The summed E-state index contributed by atoms with van der Waals surface area (Å²) in [7, 11) is 1.89. The summed E-state index contributed by atoms with van der Waals surface area (Å²) in [5.41, 5.74) is 2.42. The lowest BCUT2D eigenvalue weighted by molar-refractivity contribution is 0.102. The summed E-state index contributed by atoms with van der Waals surface area (Å²) >= 11 is 0. The number of amides is 1. The van der Waals surface area contributed by atoms with Gasteiger partial charge in [-0.1, -0.05) is 12.1 Å². The van der Waals surface area contributed by atoms with Crippen LogP contribution in [0, 0.1) is 0 Å². The van der Waals surface area contributed by atoms with Crippen LogP contribution in [0.3, 0.4) is 0 Å². The minimum absolute atomic E-state index is 0.166. The Morgan fingerprint density at radius 3 is 3.06 bits per heavy atom. The Morgan fingerprint density at radius 2 is 2.35 bits per heavy atom. The Morgan fingerprint density at radius 1 is 1.47 bits per heavy atom. The number of nitrogens with zero attached hydrogens (tertiary/aromatic N) is 1. The molecule has 0 fully saturated rings. The maximum Gasteiger partial charge on any atom is 0.258 e. The molecular weight excluding hydrogens is 216 g/mol. The van der Waals surface area contributed by atoms with E-state index in [0.29, 0.717) is 5.56 Å². The number of hydrogen-bond acceptors (Lipinski definition) is 3. The molecule has 3 N–H and O–H groups in total. The largest absolute Gasteiger partial charge is 0.322 e. The van der Waals surface area contributed by atoms with Crippen molar-refractivity contribution in [1.29, 1.82) is 0 Å². The molecule has 2 aromatic rings. The molecule has 0 aliphatic carbocycles. The van der Waals surface area contributed by atoms with Gasteiger partial charge in [0, 0.05) is 18.4 Å².